The van der Waals surface area contributed by atoms with Crippen molar-refractivity contribution in [3.8, 4) is 0 Å². The molecular formula is C9H13N3O. The Morgan fingerprint density at radius 3 is 2.92 bits per heavy atom. The van der Waals surface area contributed by atoms with Gasteiger partial charge in [-0.25, -0.2) is 0 Å². The van der Waals surface area contributed by atoms with Gasteiger partial charge in [-0.3, -0.25) is 11.3 Å². The van der Waals surface area contributed by atoms with Gasteiger partial charge in [0.15, 0.2) is 0 Å². The van der Waals surface area contributed by atoms with E-state index in [-0.39, 0.29) is 0 Å². The van der Waals surface area contributed by atoms with Gasteiger partial charge in [-0.2, -0.15) is 0 Å². The molecule has 0 heterocycles. The average molecular weight is 179 g/mol. The number of nitrogens with zero attached hydrogens (tertiary/aromatic N) is 1. The zero-order chi connectivity index (χ0) is 9.52. The fraction of sp³-hybridized carbons (Fsp3) is 0.222. The van der Waals surface area contributed by atoms with Gasteiger partial charge in [-0.05, 0) is 11.1 Å². The van der Waals surface area contributed by atoms with E-state index >= 15 is 0 Å². The Labute approximate surface area is 77.3 Å². The van der Waals surface area contributed by atoms with E-state index < -0.39 is 0 Å². The Balaban J connectivity index is 2.61. The standard InChI is InChI=1S/C9H13N3O/c1-11-13-7-9-4-2-3-8(5-9)6-12-10/h2-5,12H,1,6-7,10H2. The van der Waals surface area contributed by atoms with Crippen LogP contribution in [-0.2, 0) is 18.0 Å². The minimum Gasteiger partial charge on any atom is -0.391 e. The number of nitrogens with two attached hydrogens (primary N) is 1. The summed E-state index contributed by atoms with van der Waals surface area (Å²) < 4.78 is 0. The molecule has 0 unspecified atom stereocenters. The largest absolute Gasteiger partial charge is 0.391 e. The smallest absolute Gasteiger partial charge is 0.142 e. The van der Waals surface area contributed by atoms with Crippen molar-refractivity contribution in [3.63, 3.8) is 0 Å². The van der Waals surface area contributed by atoms with Gasteiger partial charge in [-0.1, -0.05) is 24.3 Å². The van der Waals surface area contributed by atoms with Crippen LogP contribution in [0.4, 0.5) is 0 Å². The summed E-state index contributed by atoms with van der Waals surface area (Å²) in [6.45, 7) is 4.32. The highest BCUT2D eigenvalue weighted by Crippen LogP contribution is 2.06. The third-order valence-electron chi connectivity index (χ3n) is 1.62. The van der Waals surface area contributed by atoms with Gasteiger partial charge in [0.25, 0.3) is 0 Å². The van der Waals surface area contributed by atoms with Crippen LogP contribution in [0.5, 0.6) is 0 Å². The van der Waals surface area contributed by atoms with Gasteiger partial charge in [0.2, 0.25) is 0 Å². The molecule has 0 amide bonds. The van der Waals surface area contributed by atoms with E-state index in [0.29, 0.717) is 13.2 Å². The molecule has 70 valence electrons. The van der Waals surface area contributed by atoms with Crippen LogP contribution in [0.15, 0.2) is 29.4 Å². The minimum atomic E-state index is 0.446. The molecule has 4 heteroatoms. The first-order chi connectivity index (χ1) is 6.36. The van der Waals surface area contributed by atoms with Crippen LogP contribution in [0.1, 0.15) is 11.1 Å². The third kappa shape index (κ3) is 3.23. The molecule has 1 aromatic carbocycles. The van der Waals surface area contributed by atoms with Gasteiger partial charge < -0.3 is 4.84 Å². The van der Waals surface area contributed by atoms with Crippen LogP contribution in [0.2, 0.25) is 0 Å². The van der Waals surface area contributed by atoms with E-state index in [1.165, 1.54) is 0 Å². The second kappa shape index (κ2) is 5.29. The fourth-order valence-corrected chi connectivity index (χ4v) is 1.07. The monoisotopic (exact) mass is 179 g/mol. The molecule has 1 aromatic rings. The molecule has 0 aliphatic heterocycles. The summed E-state index contributed by atoms with van der Waals surface area (Å²) in [7, 11) is 0. The van der Waals surface area contributed by atoms with E-state index in [2.05, 4.69) is 17.3 Å². The number of benzene rings is 1. The summed E-state index contributed by atoms with van der Waals surface area (Å²) in [5.41, 5.74) is 4.76. The van der Waals surface area contributed by atoms with E-state index in [1.54, 1.807) is 0 Å². The van der Waals surface area contributed by atoms with Crippen molar-refractivity contribution >= 4 is 6.72 Å². The normalized spacial score (nSPS) is 9.62. The highest BCUT2D eigenvalue weighted by molar-refractivity contribution is 5.23. The van der Waals surface area contributed by atoms with Gasteiger partial charge >= 0.3 is 0 Å². The number of hydrogen-bond acceptors (Lipinski definition) is 4. The average Bonchev–Trinajstić information content (AvgIpc) is 2.16. The van der Waals surface area contributed by atoms with E-state index in [9.17, 15) is 0 Å². The summed E-state index contributed by atoms with van der Waals surface area (Å²) in [5, 5.41) is 3.32. The number of rotatable bonds is 5. The third-order valence-corrected chi connectivity index (χ3v) is 1.62. The molecule has 0 atom stereocenters. The van der Waals surface area contributed by atoms with E-state index in [4.69, 9.17) is 10.7 Å². The number of nitrogens with one attached hydrogen (secondary N) is 1. The first-order valence-corrected chi connectivity index (χ1v) is 3.96. The minimum absolute atomic E-state index is 0.446. The maximum absolute atomic E-state index is 5.20. The summed E-state index contributed by atoms with van der Waals surface area (Å²) >= 11 is 0. The summed E-state index contributed by atoms with van der Waals surface area (Å²) in [6, 6.07) is 7.91. The lowest BCUT2D eigenvalue weighted by Crippen LogP contribution is -2.20. The van der Waals surface area contributed by atoms with Crippen LogP contribution in [0.3, 0.4) is 0 Å². The van der Waals surface area contributed by atoms with Gasteiger partial charge in [0.1, 0.15) is 6.61 Å². The number of hydrogen-bond donors (Lipinski definition) is 2. The predicted molar refractivity (Wildman–Crippen MR) is 51.8 cm³/mol. The zero-order valence-corrected chi connectivity index (χ0v) is 7.36. The molecule has 0 bridgehead atoms. The molecular weight excluding hydrogens is 166 g/mol. The molecule has 0 aliphatic carbocycles. The molecule has 0 fully saturated rings. The lowest BCUT2D eigenvalue weighted by Gasteiger charge is -2.03. The van der Waals surface area contributed by atoms with Crippen molar-refractivity contribution in [3.05, 3.63) is 35.4 Å². The van der Waals surface area contributed by atoms with Crippen LogP contribution >= 0.6 is 0 Å². The predicted octanol–water partition coefficient (Wildman–Crippen LogP) is 0.782. The van der Waals surface area contributed by atoms with Gasteiger partial charge in [0.05, 0.1) is 0 Å². The molecule has 0 aromatic heterocycles. The zero-order valence-electron chi connectivity index (χ0n) is 7.36. The van der Waals surface area contributed by atoms with Crippen molar-refractivity contribution in [1.29, 1.82) is 0 Å². The Kier molecular flexibility index (Phi) is 3.95. The molecule has 0 spiro atoms. The van der Waals surface area contributed by atoms with Crippen LogP contribution in [-0.4, -0.2) is 6.72 Å². The summed E-state index contributed by atoms with van der Waals surface area (Å²) in [4.78, 5) is 4.81. The van der Waals surface area contributed by atoms with Gasteiger partial charge in [-0.15, -0.1) is 5.16 Å². The van der Waals surface area contributed by atoms with Crippen molar-refractivity contribution < 1.29 is 4.84 Å². The molecule has 13 heavy (non-hydrogen) atoms. The van der Waals surface area contributed by atoms with Crippen molar-refractivity contribution in [2.24, 2.45) is 11.0 Å². The molecule has 0 radical (unpaired) electrons. The molecule has 0 saturated heterocycles. The maximum atomic E-state index is 5.20. The highest BCUT2D eigenvalue weighted by atomic mass is 16.6. The Morgan fingerprint density at radius 1 is 1.46 bits per heavy atom. The van der Waals surface area contributed by atoms with Crippen molar-refractivity contribution in [2.45, 2.75) is 13.2 Å². The Morgan fingerprint density at radius 2 is 2.23 bits per heavy atom. The molecule has 0 saturated carbocycles. The molecule has 0 aliphatic rings. The second-order valence-corrected chi connectivity index (χ2v) is 2.60. The van der Waals surface area contributed by atoms with Crippen LogP contribution in [0.25, 0.3) is 0 Å². The molecule has 3 N–H and O–H groups in total. The first-order valence-electron chi connectivity index (χ1n) is 3.96. The lowest BCUT2D eigenvalue weighted by molar-refractivity contribution is 0.133. The van der Waals surface area contributed by atoms with Gasteiger partial charge in [0, 0.05) is 13.3 Å². The second-order valence-electron chi connectivity index (χ2n) is 2.60. The number of hydrazine groups is 1. The topological polar surface area (TPSA) is 59.6 Å². The maximum Gasteiger partial charge on any atom is 0.142 e. The van der Waals surface area contributed by atoms with E-state index in [1.807, 2.05) is 24.3 Å². The fourth-order valence-electron chi connectivity index (χ4n) is 1.07. The van der Waals surface area contributed by atoms with Crippen LogP contribution < -0.4 is 11.3 Å². The molecule has 1 rings (SSSR count). The SMILES string of the molecule is C=NOCc1cccc(CNN)c1. The number of oxime groups is 1. The van der Waals surface area contributed by atoms with Crippen LogP contribution in [0, 0.1) is 0 Å². The lowest BCUT2D eigenvalue weighted by atomic mass is 10.1. The van der Waals surface area contributed by atoms with Crippen molar-refractivity contribution in [2.75, 3.05) is 0 Å². The van der Waals surface area contributed by atoms with Crippen molar-refractivity contribution in [1.82, 2.24) is 5.43 Å². The molecule has 4 nitrogen and oxygen atoms in total. The highest BCUT2D eigenvalue weighted by Gasteiger charge is 1.95. The summed E-state index contributed by atoms with van der Waals surface area (Å²) in [5.74, 6) is 5.20. The Hall–Kier alpha value is -1.39. The quantitative estimate of drug-likeness (QED) is 0.399. The Bertz CT molecular complexity index is 275. The summed E-state index contributed by atoms with van der Waals surface area (Å²) in [6.07, 6.45) is 0. The first kappa shape index (κ1) is 9.70. The van der Waals surface area contributed by atoms with E-state index in [0.717, 1.165) is 11.1 Å².